The third-order valence-electron chi connectivity index (χ3n) is 2.42. The molecule has 0 aliphatic carbocycles. The Bertz CT molecular complexity index is 540. The fourth-order valence-electron chi connectivity index (χ4n) is 1.58. The number of anilines is 1. The molecule has 0 atom stereocenters. The normalized spacial score (nSPS) is 10.3. The second kappa shape index (κ2) is 5.85. The molecule has 0 spiro atoms. The van der Waals surface area contributed by atoms with Gasteiger partial charge >= 0.3 is 0 Å². The molecule has 0 unspecified atom stereocenters. The molecule has 6 heteroatoms. The summed E-state index contributed by atoms with van der Waals surface area (Å²) in [5.74, 6) is 0.857. The molecule has 2 rings (SSSR count). The molecule has 0 radical (unpaired) electrons. The lowest BCUT2D eigenvalue weighted by Crippen LogP contribution is -2.06. The van der Waals surface area contributed by atoms with E-state index in [-0.39, 0.29) is 10.6 Å². The van der Waals surface area contributed by atoms with Crippen molar-refractivity contribution in [2.24, 2.45) is 0 Å². The molecule has 1 heterocycles. The highest BCUT2D eigenvalue weighted by molar-refractivity contribution is 14.1. The van der Waals surface area contributed by atoms with Gasteiger partial charge in [-0.05, 0) is 46.9 Å². The number of hydrogen-bond donors (Lipinski definition) is 1. The van der Waals surface area contributed by atoms with Gasteiger partial charge in [0.05, 0.1) is 11.2 Å². The zero-order valence-corrected chi connectivity index (χ0v) is 11.6. The minimum Gasteiger partial charge on any atom is -0.469 e. The van der Waals surface area contributed by atoms with Gasteiger partial charge in [-0.2, -0.15) is 0 Å². The maximum atomic E-state index is 10.9. The SMILES string of the molecule is O=[N+]([O-])c1cc(I)ccc1NCCc1ccco1. The molecular formula is C12H11IN2O3. The van der Waals surface area contributed by atoms with Gasteiger partial charge in [0.2, 0.25) is 0 Å². The van der Waals surface area contributed by atoms with E-state index < -0.39 is 0 Å². The number of nitrogens with one attached hydrogen (secondary N) is 1. The summed E-state index contributed by atoms with van der Waals surface area (Å²) in [6, 6.07) is 8.81. The molecule has 2 aromatic rings. The predicted octanol–water partition coefficient (Wildman–Crippen LogP) is 3.45. The van der Waals surface area contributed by atoms with Crippen molar-refractivity contribution >= 4 is 34.0 Å². The van der Waals surface area contributed by atoms with Crippen molar-refractivity contribution in [1.82, 2.24) is 0 Å². The Balaban J connectivity index is 2.02. The molecular weight excluding hydrogens is 347 g/mol. The van der Waals surface area contributed by atoms with Crippen molar-refractivity contribution in [2.45, 2.75) is 6.42 Å². The van der Waals surface area contributed by atoms with Crippen LogP contribution in [0, 0.1) is 13.7 Å². The fourth-order valence-corrected chi connectivity index (χ4v) is 2.06. The lowest BCUT2D eigenvalue weighted by atomic mass is 10.2. The van der Waals surface area contributed by atoms with Gasteiger partial charge in [0.25, 0.3) is 5.69 Å². The predicted molar refractivity (Wildman–Crippen MR) is 76.7 cm³/mol. The first-order chi connectivity index (χ1) is 8.66. The number of nitro groups is 1. The van der Waals surface area contributed by atoms with E-state index in [4.69, 9.17) is 4.42 Å². The van der Waals surface area contributed by atoms with Crippen LogP contribution < -0.4 is 5.32 Å². The van der Waals surface area contributed by atoms with Crippen molar-refractivity contribution in [3.05, 3.63) is 56.0 Å². The van der Waals surface area contributed by atoms with E-state index >= 15 is 0 Å². The molecule has 1 N–H and O–H groups in total. The molecule has 18 heavy (non-hydrogen) atoms. The van der Waals surface area contributed by atoms with Crippen LogP contribution in [-0.4, -0.2) is 11.5 Å². The standard InChI is InChI=1S/C12H11IN2O3/c13-9-3-4-11(12(8-9)15(16)17)14-6-5-10-2-1-7-18-10/h1-4,7-8,14H,5-6H2. The fraction of sp³-hybridized carbons (Fsp3) is 0.167. The highest BCUT2D eigenvalue weighted by Crippen LogP contribution is 2.26. The molecule has 0 aliphatic rings. The molecule has 0 amide bonds. The van der Waals surface area contributed by atoms with Crippen LogP contribution in [0.5, 0.6) is 0 Å². The van der Waals surface area contributed by atoms with Gasteiger partial charge in [-0.3, -0.25) is 10.1 Å². The van der Waals surface area contributed by atoms with Crippen molar-refractivity contribution < 1.29 is 9.34 Å². The van der Waals surface area contributed by atoms with Crippen LogP contribution in [0.25, 0.3) is 0 Å². The molecule has 0 aliphatic heterocycles. The van der Waals surface area contributed by atoms with Crippen LogP contribution >= 0.6 is 22.6 Å². The Kier molecular flexibility index (Phi) is 4.19. The van der Waals surface area contributed by atoms with Crippen LogP contribution in [0.2, 0.25) is 0 Å². The number of nitro benzene ring substituents is 1. The largest absolute Gasteiger partial charge is 0.469 e. The average Bonchev–Trinajstić information content (AvgIpc) is 2.84. The Hall–Kier alpha value is -1.57. The van der Waals surface area contributed by atoms with E-state index in [1.807, 2.05) is 18.2 Å². The second-order valence-electron chi connectivity index (χ2n) is 3.67. The van der Waals surface area contributed by atoms with Crippen LogP contribution in [0.1, 0.15) is 5.76 Å². The monoisotopic (exact) mass is 358 g/mol. The zero-order chi connectivity index (χ0) is 13.0. The van der Waals surface area contributed by atoms with Gasteiger partial charge in [0.1, 0.15) is 11.4 Å². The van der Waals surface area contributed by atoms with E-state index in [0.29, 0.717) is 18.7 Å². The number of benzene rings is 1. The topological polar surface area (TPSA) is 68.3 Å². The third-order valence-corrected chi connectivity index (χ3v) is 3.09. The van der Waals surface area contributed by atoms with Crippen molar-refractivity contribution in [1.29, 1.82) is 0 Å². The summed E-state index contributed by atoms with van der Waals surface area (Å²) < 4.78 is 6.04. The van der Waals surface area contributed by atoms with Gasteiger partial charge < -0.3 is 9.73 Å². The molecule has 0 saturated carbocycles. The Labute approximate surface area is 117 Å². The summed E-state index contributed by atoms with van der Waals surface area (Å²) in [5.41, 5.74) is 0.633. The highest BCUT2D eigenvalue weighted by Gasteiger charge is 2.13. The summed E-state index contributed by atoms with van der Waals surface area (Å²) in [4.78, 5) is 10.5. The summed E-state index contributed by atoms with van der Waals surface area (Å²) in [6.07, 6.45) is 2.30. The Morgan fingerprint density at radius 1 is 1.39 bits per heavy atom. The molecule has 1 aromatic carbocycles. The number of nitrogens with zero attached hydrogens (tertiary/aromatic N) is 1. The Morgan fingerprint density at radius 3 is 2.89 bits per heavy atom. The first-order valence-electron chi connectivity index (χ1n) is 5.37. The molecule has 5 nitrogen and oxygen atoms in total. The minimum atomic E-state index is -0.378. The van der Waals surface area contributed by atoms with E-state index in [1.165, 1.54) is 0 Å². The van der Waals surface area contributed by atoms with Crippen LogP contribution in [0.4, 0.5) is 11.4 Å². The van der Waals surface area contributed by atoms with Gasteiger partial charge in [-0.25, -0.2) is 0 Å². The van der Waals surface area contributed by atoms with Gasteiger partial charge in [0.15, 0.2) is 0 Å². The summed E-state index contributed by atoms with van der Waals surface area (Å²) >= 11 is 2.05. The quantitative estimate of drug-likeness (QED) is 0.505. The van der Waals surface area contributed by atoms with Crippen LogP contribution in [0.3, 0.4) is 0 Å². The number of furan rings is 1. The van der Waals surface area contributed by atoms with Crippen molar-refractivity contribution in [2.75, 3.05) is 11.9 Å². The van der Waals surface area contributed by atoms with Crippen LogP contribution in [-0.2, 0) is 6.42 Å². The highest BCUT2D eigenvalue weighted by atomic mass is 127. The lowest BCUT2D eigenvalue weighted by Gasteiger charge is -2.06. The number of rotatable bonds is 5. The first kappa shape index (κ1) is 12.9. The van der Waals surface area contributed by atoms with E-state index in [1.54, 1.807) is 18.4 Å². The molecule has 1 aromatic heterocycles. The maximum Gasteiger partial charge on any atom is 0.293 e. The van der Waals surface area contributed by atoms with Crippen molar-refractivity contribution in [3.63, 3.8) is 0 Å². The maximum absolute atomic E-state index is 10.9. The smallest absolute Gasteiger partial charge is 0.293 e. The lowest BCUT2D eigenvalue weighted by molar-refractivity contribution is -0.384. The van der Waals surface area contributed by atoms with E-state index in [0.717, 1.165) is 9.33 Å². The van der Waals surface area contributed by atoms with E-state index in [9.17, 15) is 10.1 Å². The summed E-state index contributed by atoms with van der Waals surface area (Å²) in [5, 5.41) is 14.0. The van der Waals surface area contributed by atoms with Gasteiger partial charge in [0, 0.05) is 22.6 Å². The molecule has 0 fully saturated rings. The third kappa shape index (κ3) is 3.22. The summed E-state index contributed by atoms with van der Waals surface area (Å²) in [7, 11) is 0. The minimum absolute atomic E-state index is 0.0985. The number of halogens is 1. The van der Waals surface area contributed by atoms with Crippen molar-refractivity contribution in [3.8, 4) is 0 Å². The van der Waals surface area contributed by atoms with E-state index in [2.05, 4.69) is 27.9 Å². The summed E-state index contributed by atoms with van der Waals surface area (Å²) in [6.45, 7) is 0.592. The number of hydrogen-bond acceptors (Lipinski definition) is 4. The molecule has 0 bridgehead atoms. The first-order valence-corrected chi connectivity index (χ1v) is 6.45. The Morgan fingerprint density at radius 2 is 2.22 bits per heavy atom. The average molecular weight is 358 g/mol. The molecule has 94 valence electrons. The molecule has 0 saturated heterocycles. The van der Waals surface area contributed by atoms with Crippen LogP contribution in [0.15, 0.2) is 41.0 Å². The second-order valence-corrected chi connectivity index (χ2v) is 4.92. The van der Waals surface area contributed by atoms with Gasteiger partial charge in [-0.1, -0.05) is 0 Å². The zero-order valence-electron chi connectivity index (χ0n) is 9.43. The van der Waals surface area contributed by atoms with Gasteiger partial charge in [-0.15, -0.1) is 0 Å².